The molecular formula is C20H16Cl2N2O5S. The lowest BCUT2D eigenvalue weighted by Gasteiger charge is -2.13. The first-order valence-corrected chi connectivity index (χ1v) is 10.1. The van der Waals surface area contributed by atoms with Gasteiger partial charge in [0, 0.05) is 0 Å². The van der Waals surface area contributed by atoms with E-state index in [2.05, 4.69) is 0 Å². The van der Waals surface area contributed by atoms with E-state index in [4.69, 9.17) is 38.4 Å². The Labute approximate surface area is 186 Å². The van der Waals surface area contributed by atoms with Crippen molar-refractivity contribution in [3.05, 3.63) is 62.5 Å². The van der Waals surface area contributed by atoms with Gasteiger partial charge in [-0.3, -0.25) is 19.3 Å². The van der Waals surface area contributed by atoms with E-state index in [9.17, 15) is 14.4 Å². The fourth-order valence-corrected chi connectivity index (χ4v) is 3.81. The highest BCUT2D eigenvalue weighted by molar-refractivity contribution is 8.18. The number of primary amides is 1. The first-order chi connectivity index (χ1) is 14.3. The monoisotopic (exact) mass is 466 g/mol. The summed E-state index contributed by atoms with van der Waals surface area (Å²) in [6, 6.07) is 9.83. The molecule has 10 heteroatoms. The highest BCUT2D eigenvalue weighted by Gasteiger charge is 2.35. The van der Waals surface area contributed by atoms with Crippen molar-refractivity contribution in [2.75, 3.05) is 13.7 Å². The van der Waals surface area contributed by atoms with Crippen LogP contribution in [0.1, 0.15) is 11.1 Å². The molecule has 2 aromatic rings. The van der Waals surface area contributed by atoms with Crippen molar-refractivity contribution in [3.63, 3.8) is 0 Å². The molecule has 1 aliphatic rings. The van der Waals surface area contributed by atoms with Crippen LogP contribution < -0.4 is 15.2 Å². The Hall–Kier alpha value is -2.68. The number of halogens is 2. The third-order valence-corrected chi connectivity index (χ3v) is 5.70. The van der Waals surface area contributed by atoms with E-state index < -0.39 is 11.8 Å². The van der Waals surface area contributed by atoms with Gasteiger partial charge in [-0.15, -0.1) is 0 Å². The lowest BCUT2D eigenvalue weighted by molar-refractivity contribution is -0.123. The van der Waals surface area contributed by atoms with Crippen LogP contribution in [-0.2, 0) is 16.1 Å². The quantitative estimate of drug-likeness (QED) is 0.616. The van der Waals surface area contributed by atoms with Crippen LogP contribution in [0, 0.1) is 0 Å². The van der Waals surface area contributed by atoms with Gasteiger partial charge in [0.05, 0.1) is 28.6 Å². The van der Waals surface area contributed by atoms with E-state index in [1.165, 1.54) is 7.11 Å². The molecule has 0 unspecified atom stereocenters. The predicted molar refractivity (Wildman–Crippen MR) is 116 cm³/mol. The molecule has 1 aliphatic heterocycles. The molecule has 0 aromatic heterocycles. The van der Waals surface area contributed by atoms with Gasteiger partial charge in [-0.05, 0) is 53.2 Å². The van der Waals surface area contributed by atoms with Crippen molar-refractivity contribution in [2.45, 2.75) is 6.54 Å². The molecule has 1 saturated heterocycles. The van der Waals surface area contributed by atoms with E-state index in [-0.39, 0.29) is 23.3 Å². The average Bonchev–Trinajstić information content (AvgIpc) is 2.96. The maximum Gasteiger partial charge on any atom is 0.293 e. The van der Waals surface area contributed by atoms with E-state index in [1.807, 2.05) is 0 Å². The normalized spacial score (nSPS) is 15.0. The molecule has 156 valence electrons. The number of ether oxygens (including phenoxy) is 2. The van der Waals surface area contributed by atoms with Gasteiger partial charge in [-0.2, -0.15) is 0 Å². The molecule has 3 amide bonds. The maximum atomic E-state index is 12.7. The zero-order valence-corrected chi connectivity index (χ0v) is 18.0. The summed E-state index contributed by atoms with van der Waals surface area (Å²) in [6.07, 6.45) is 1.58. The number of amides is 3. The van der Waals surface area contributed by atoms with Crippen molar-refractivity contribution < 1.29 is 23.9 Å². The van der Waals surface area contributed by atoms with Crippen LogP contribution in [0.15, 0.2) is 41.3 Å². The fraction of sp³-hybridized carbons (Fsp3) is 0.150. The van der Waals surface area contributed by atoms with Crippen LogP contribution in [0.25, 0.3) is 6.08 Å². The molecule has 30 heavy (non-hydrogen) atoms. The number of nitrogens with zero attached hydrogens (tertiary/aromatic N) is 1. The van der Waals surface area contributed by atoms with Gasteiger partial charge >= 0.3 is 0 Å². The minimum Gasteiger partial charge on any atom is -0.493 e. The van der Waals surface area contributed by atoms with Crippen molar-refractivity contribution in [1.29, 1.82) is 0 Å². The number of carbonyl (C=O) groups excluding carboxylic acids is 3. The second kappa shape index (κ2) is 9.42. The highest BCUT2D eigenvalue weighted by atomic mass is 35.5. The summed E-state index contributed by atoms with van der Waals surface area (Å²) in [5.41, 5.74) is 6.39. The number of carbonyl (C=O) groups is 3. The molecular weight excluding hydrogens is 451 g/mol. The average molecular weight is 467 g/mol. The summed E-state index contributed by atoms with van der Waals surface area (Å²) in [5, 5.41) is 0.361. The van der Waals surface area contributed by atoms with Crippen molar-refractivity contribution >= 4 is 58.1 Å². The predicted octanol–water partition coefficient (Wildman–Crippen LogP) is 4.10. The van der Waals surface area contributed by atoms with Gasteiger partial charge in [0.25, 0.3) is 17.1 Å². The SMILES string of the molecule is COc1cc(/C=C2\SC(=O)N(Cc3ccc(Cl)c(Cl)c3)C2=O)ccc1OCC(N)=O. The minimum absolute atomic E-state index is 0.0854. The van der Waals surface area contributed by atoms with Crippen LogP contribution in [-0.4, -0.2) is 35.7 Å². The summed E-state index contributed by atoms with van der Waals surface area (Å²) in [4.78, 5) is 37.4. The molecule has 0 aliphatic carbocycles. The summed E-state index contributed by atoms with van der Waals surface area (Å²) in [5.74, 6) is -0.331. The molecule has 3 rings (SSSR count). The number of rotatable bonds is 7. The summed E-state index contributed by atoms with van der Waals surface area (Å²) in [6.45, 7) is -0.203. The largest absolute Gasteiger partial charge is 0.493 e. The molecule has 0 bridgehead atoms. The number of thioether (sulfide) groups is 1. The number of imide groups is 1. The Morgan fingerprint density at radius 3 is 2.57 bits per heavy atom. The van der Waals surface area contributed by atoms with Crippen LogP contribution in [0.2, 0.25) is 10.0 Å². The molecule has 0 radical (unpaired) electrons. The molecule has 0 atom stereocenters. The van der Waals surface area contributed by atoms with Crippen molar-refractivity contribution in [3.8, 4) is 11.5 Å². The standard InChI is InChI=1S/C20H16Cl2N2O5S/c1-28-16-7-11(3-5-15(16)29-10-18(23)25)8-17-19(26)24(20(27)30-17)9-12-2-4-13(21)14(22)6-12/h2-8H,9-10H2,1H3,(H2,23,25)/b17-8-. The Balaban J connectivity index is 1.79. The Morgan fingerprint density at radius 2 is 1.90 bits per heavy atom. The Bertz CT molecular complexity index is 1060. The molecule has 1 heterocycles. The minimum atomic E-state index is -0.614. The van der Waals surface area contributed by atoms with Crippen molar-refractivity contribution in [1.82, 2.24) is 4.90 Å². The van der Waals surface area contributed by atoms with Gasteiger partial charge in [-0.1, -0.05) is 35.3 Å². The Kier molecular flexibility index (Phi) is 6.91. The van der Waals surface area contributed by atoms with Gasteiger partial charge in [0.2, 0.25) is 0 Å². The Morgan fingerprint density at radius 1 is 1.13 bits per heavy atom. The zero-order chi connectivity index (χ0) is 21.8. The third kappa shape index (κ3) is 5.08. The number of nitrogens with two attached hydrogens (primary N) is 1. The second-order valence-corrected chi connectivity index (χ2v) is 7.99. The van der Waals surface area contributed by atoms with E-state index in [0.717, 1.165) is 16.7 Å². The maximum absolute atomic E-state index is 12.7. The van der Waals surface area contributed by atoms with Gasteiger partial charge in [-0.25, -0.2) is 0 Å². The number of hydrogen-bond acceptors (Lipinski definition) is 6. The first-order valence-electron chi connectivity index (χ1n) is 8.57. The van der Waals surface area contributed by atoms with Crippen LogP contribution in [0.4, 0.5) is 4.79 Å². The van der Waals surface area contributed by atoms with Gasteiger partial charge < -0.3 is 15.2 Å². The second-order valence-electron chi connectivity index (χ2n) is 6.18. The molecule has 1 fully saturated rings. The molecule has 2 N–H and O–H groups in total. The molecule has 2 aromatic carbocycles. The summed E-state index contributed by atoms with van der Waals surface area (Å²) >= 11 is 12.8. The van der Waals surface area contributed by atoms with Crippen LogP contribution in [0.5, 0.6) is 11.5 Å². The highest BCUT2D eigenvalue weighted by Crippen LogP contribution is 2.35. The van der Waals surface area contributed by atoms with Gasteiger partial charge in [0.1, 0.15) is 0 Å². The van der Waals surface area contributed by atoms with E-state index in [0.29, 0.717) is 32.7 Å². The zero-order valence-electron chi connectivity index (χ0n) is 15.7. The van der Waals surface area contributed by atoms with E-state index >= 15 is 0 Å². The first kappa shape index (κ1) is 22.0. The third-order valence-electron chi connectivity index (χ3n) is 4.05. The number of hydrogen-bond donors (Lipinski definition) is 1. The van der Waals surface area contributed by atoms with E-state index in [1.54, 1.807) is 42.5 Å². The molecule has 0 saturated carbocycles. The fourth-order valence-electron chi connectivity index (χ4n) is 2.65. The lowest BCUT2D eigenvalue weighted by Crippen LogP contribution is -2.27. The molecule has 0 spiro atoms. The van der Waals surface area contributed by atoms with Gasteiger partial charge in [0.15, 0.2) is 18.1 Å². The van der Waals surface area contributed by atoms with Crippen LogP contribution >= 0.6 is 35.0 Å². The van der Waals surface area contributed by atoms with Crippen molar-refractivity contribution in [2.24, 2.45) is 5.73 Å². The smallest absolute Gasteiger partial charge is 0.293 e. The topological polar surface area (TPSA) is 98.9 Å². The van der Waals surface area contributed by atoms with Crippen LogP contribution in [0.3, 0.4) is 0 Å². The number of methoxy groups -OCH3 is 1. The molecule has 7 nitrogen and oxygen atoms in total. The number of benzene rings is 2. The summed E-state index contributed by atoms with van der Waals surface area (Å²) < 4.78 is 10.5. The summed E-state index contributed by atoms with van der Waals surface area (Å²) in [7, 11) is 1.45. The lowest BCUT2D eigenvalue weighted by atomic mass is 10.1.